The van der Waals surface area contributed by atoms with Crippen LogP contribution >= 0.6 is 0 Å². The number of ketones is 1. The number of methoxy groups -OCH3 is 1. The van der Waals surface area contributed by atoms with Crippen molar-refractivity contribution < 1.29 is 19.1 Å². The number of hydrogen-bond acceptors (Lipinski definition) is 5. The molecule has 28 heavy (non-hydrogen) atoms. The van der Waals surface area contributed by atoms with Crippen molar-refractivity contribution in [3.05, 3.63) is 52.6 Å². The Morgan fingerprint density at radius 1 is 1.21 bits per heavy atom. The lowest BCUT2D eigenvalue weighted by molar-refractivity contribution is 0.0588. The van der Waals surface area contributed by atoms with Crippen LogP contribution in [0, 0.1) is 13.8 Å². The Bertz CT molecular complexity index is 874. The monoisotopic (exact) mass is 386 g/mol. The molecule has 0 aliphatic carbocycles. The van der Waals surface area contributed by atoms with Gasteiger partial charge >= 0.3 is 12.0 Å². The van der Waals surface area contributed by atoms with Crippen LogP contribution in [0.15, 0.2) is 24.5 Å². The molecule has 1 N–H and O–H groups in total. The van der Waals surface area contributed by atoms with Gasteiger partial charge in [-0.25, -0.2) is 9.59 Å². The molecule has 2 aromatic rings. The van der Waals surface area contributed by atoms with Crippen molar-refractivity contribution >= 4 is 17.8 Å². The number of nitrogens with one attached hydrogen (secondary N) is 1. The van der Waals surface area contributed by atoms with E-state index in [1.807, 2.05) is 6.92 Å². The molecule has 0 atom stereocenters. The summed E-state index contributed by atoms with van der Waals surface area (Å²) >= 11 is 0. The second-order valence-corrected chi connectivity index (χ2v) is 6.45. The SMILES string of the molecule is CCNC(=O)N(CC(=O)c1c(C)c(C(=O)OC)n(C)c1C)Cc1ccncc1. The average Bonchev–Trinajstić information content (AvgIpc) is 2.90. The highest BCUT2D eigenvalue weighted by atomic mass is 16.5. The summed E-state index contributed by atoms with van der Waals surface area (Å²) in [5.41, 5.74) is 2.85. The predicted octanol–water partition coefficient (Wildman–Crippen LogP) is 2.24. The van der Waals surface area contributed by atoms with Gasteiger partial charge in [-0.2, -0.15) is 0 Å². The van der Waals surface area contributed by atoms with Crippen molar-refractivity contribution in [3.8, 4) is 0 Å². The molecule has 8 heteroatoms. The number of urea groups is 1. The smallest absolute Gasteiger partial charge is 0.354 e. The Morgan fingerprint density at radius 2 is 1.86 bits per heavy atom. The van der Waals surface area contributed by atoms with Crippen LogP contribution in [0.2, 0.25) is 0 Å². The molecule has 0 radical (unpaired) electrons. The van der Waals surface area contributed by atoms with Crippen LogP contribution in [0.25, 0.3) is 0 Å². The summed E-state index contributed by atoms with van der Waals surface area (Å²) in [6.45, 7) is 5.92. The van der Waals surface area contributed by atoms with Crippen molar-refractivity contribution in [2.24, 2.45) is 7.05 Å². The van der Waals surface area contributed by atoms with Gasteiger partial charge in [-0.15, -0.1) is 0 Å². The number of carbonyl (C=O) groups excluding carboxylic acids is 3. The van der Waals surface area contributed by atoms with E-state index >= 15 is 0 Å². The van der Waals surface area contributed by atoms with Gasteiger partial charge in [0.15, 0.2) is 5.78 Å². The standard InChI is InChI=1S/C20H26N4O4/c1-6-22-20(27)24(11-15-7-9-21-10-8-15)12-16(25)17-13(2)18(19(26)28-5)23(4)14(17)3/h7-10H,6,11-12H2,1-5H3,(H,22,27). The number of hydrogen-bond donors (Lipinski definition) is 1. The fourth-order valence-corrected chi connectivity index (χ4v) is 3.20. The van der Waals surface area contributed by atoms with Crippen LogP contribution in [0.3, 0.4) is 0 Å². The molecule has 0 fully saturated rings. The van der Waals surface area contributed by atoms with Crippen molar-refractivity contribution in [2.45, 2.75) is 27.3 Å². The largest absolute Gasteiger partial charge is 0.464 e. The molecule has 0 unspecified atom stereocenters. The number of nitrogens with zero attached hydrogens (tertiary/aromatic N) is 3. The van der Waals surface area contributed by atoms with Crippen molar-refractivity contribution in [2.75, 3.05) is 20.2 Å². The maximum absolute atomic E-state index is 13.1. The Labute approximate surface area is 164 Å². The van der Waals surface area contributed by atoms with Crippen molar-refractivity contribution in [1.29, 1.82) is 0 Å². The number of aromatic nitrogens is 2. The predicted molar refractivity (Wildman–Crippen MR) is 104 cm³/mol. The van der Waals surface area contributed by atoms with E-state index in [0.717, 1.165) is 5.56 Å². The molecule has 0 aromatic carbocycles. The average molecular weight is 386 g/mol. The lowest BCUT2D eigenvalue weighted by Gasteiger charge is -2.22. The highest BCUT2D eigenvalue weighted by molar-refractivity contribution is 6.04. The van der Waals surface area contributed by atoms with Gasteiger partial charge < -0.3 is 19.5 Å². The van der Waals surface area contributed by atoms with E-state index in [1.54, 1.807) is 50.0 Å². The van der Waals surface area contributed by atoms with Gasteiger partial charge in [-0.05, 0) is 44.0 Å². The molecule has 2 rings (SSSR count). The quantitative estimate of drug-likeness (QED) is 0.582. The van der Waals surface area contributed by atoms with E-state index in [9.17, 15) is 14.4 Å². The lowest BCUT2D eigenvalue weighted by Crippen LogP contribution is -2.42. The molecule has 8 nitrogen and oxygen atoms in total. The van der Waals surface area contributed by atoms with Gasteiger partial charge in [0.05, 0.1) is 13.7 Å². The Hall–Kier alpha value is -3.16. The number of amides is 2. The third kappa shape index (κ3) is 4.39. The first kappa shape index (κ1) is 21.1. The molecule has 0 bridgehead atoms. The topological polar surface area (TPSA) is 93.5 Å². The van der Waals surface area contributed by atoms with Crippen LogP contribution in [0.4, 0.5) is 4.79 Å². The van der Waals surface area contributed by atoms with Crippen molar-refractivity contribution in [1.82, 2.24) is 19.8 Å². The van der Waals surface area contributed by atoms with E-state index in [4.69, 9.17) is 4.74 Å². The minimum atomic E-state index is -0.500. The van der Waals surface area contributed by atoms with E-state index in [-0.39, 0.29) is 24.9 Å². The summed E-state index contributed by atoms with van der Waals surface area (Å²) in [5.74, 6) is -0.736. The molecule has 0 saturated carbocycles. The summed E-state index contributed by atoms with van der Waals surface area (Å²) in [6.07, 6.45) is 3.28. The molecule has 0 aliphatic rings. The van der Waals surface area contributed by atoms with Gasteiger partial charge in [0.2, 0.25) is 0 Å². The minimum Gasteiger partial charge on any atom is -0.464 e. The molecular formula is C20H26N4O4. The third-order valence-electron chi connectivity index (χ3n) is 4.66. The highest BCUT2D eigenvalue weighted by Gasteiger charge is 2.27. The fraction of sp³-hybridized carbons (Fsp3) is 0.400. The van der Waals surface area contributed by atoms with E-state index in [1.165, 1.54) is 12.0 Å². The van der Waals surface area contributed by atoms with Gasteiger partial charge in [0.1, 0.15) is 5.69 Å². The summed E-state index contributed by atoms with van der Waals surface area (Å²) in [4.78, 5) is 43.0. The van der Waals surface area contributed by atoms with Crippen LogP contribution in [0.1, 0.15) is 44.6 Å². The van der Waals surface area contributed by atoms with Crippen LogP contribution < -0.4 is 5.32 Å². The Balaban J connectivity index is 2.33. The zero-order chi connectivity index (χ0) is 20.8. The first-order valence-electron chi connectivity index (χ1n) is 9.00. The molecule has 150 valence electrons. The fourth-order valence-electron chi connectivity index (χ4n) is 3.20. The third-order valence-corrected chi connectivity index (χ3v) is 4.66. The van der Waals surface area contributed by atoms with Crippen molar-refractivity contribution in [3.63, 3.8) is 0 Å². The zero-order valence-corrected chi connectivity index (χ0v) is 16.9. The van der Waals surface area contributed by atoms with Gasteiger partial charge in [0, 0.05) is 43.8 Å². The minimum absolute atomic E-state index is 0.111. The number of pyridine rings is 1. The Kier molecular flexibility index (Phi) is 6.92. The van der Waals surface area contributed by atoms with Crippen LogP contribution in [-0.2, 0) is 18.3 Å². The van der Waals surface area contributed by atoms with Gasteiger partial charge in [-0.1, -0.05) is 0 Å². The van der Waals surface area contributed by atoms with Crippen LogP contribution in [0.5, 0.6) is 0 Å². The summed E-state index contributed by atoms with van der Waals surface area (Å²) in [7, 11) is 3.01. The number of carbonyl (C=O) groups is 3. The lowest BCUT2D eigenvalue weighted by atomic mass is 10.0. The molecule has 0 saturated heterocycles. The normalized spacial score (nSPS) is 10.5. The van der Waals surface area contributed by atoms with E-state index in [2.05, 4.69) is 10.3 Å². The second kappa shape index (κ2) is 9.16. The second-order valence-electron chi connectivity index (χ2n) is 6.45. The number of esters is 1. The maximum atomic E-state index is 13.1. The first-order chi connectivity index (χ1) is 13.3. The van der Waals surface area contributed by atoms with Gasteiger partial charge in [-0.3, -0.25) is 9.78 Å². The number of ether oxygens (including phenoxy) is 1. The summed E-state index contributed by atoms with van der Waals surface area (Å²) in [6, 6.07) is 3.27. The van der Waals surface area contributed by atoms with Crippen LogP contribution in [-0.4, -0.2) is 52.4 Å². The van der Waals surface area contributed by atoms with Gasteiger partial charge in [0.25, 0.3) is 0 Å². The molecular weight excluding hydrogens is 360 g/mol. The number of rotatable bonds is 7. The molecule has 2 heterocycles. The molecule has 2 aromatic heterocycles. The molecule has 0 spiro atoms. The van der Waals surface area contributed by atoms with E-state index < -0.39 is 5.97 Å². The number of Topliss-reactive ketones (excluding diaryl/α,β-unsaturated/α-hetero) is 1. The molecule has 0 aliphatic heterocycles. The first-order valence-corrected chi connectivity index (χ1v) is 9.00. The van der Waals surface area contributed by atoms with E-state index in [0.29, 0.717) is 29.1 Å². The highest BCUT2D eigenvalue weighted by Crippen LogP contribution is 2.23. The maximum Gasteiger partial charge on any atom is 0.354 e. The summed E-state index contributed by atoms with van der Waals surface area (Å²) < 4.78 is 6.47. The summed E-state index contributed by atoms with van der Waals surface area (Å²) in [5, 5.41) is 2.74. The Morgan fingerprint density at radius 3 is 2.43 bits per heavy atom. The zero-order valence-electron chi connectivity index (χ0n) is 16.9. The molecule has 2 amide bonds.